The minimum atomic E-state index is -0.533. The summed E-state index contributed by atoms with van der Waals surface area (Å²) in [7, 11) is 0. The third-order valence-corrected chi connectivity index (χ3v) is 2.15. The van der Waals surface area contributed by atoms with Gasteiger partial charge >= 0.3 is 0 Å². The van der Waals surface area contributed by atoms with Crippen LogP contribution in [0.2, 0.25) is 0 Å². The predicted octanol–water partition coefficient (Wildman–Crippen LogP) is 1.54. The average molecular weight is 236 g/mol. The van der Waals surface area contributed by atoms with E-state index >= 15 is 0 Å². The summed E-state index contributed by atoms with van der Waals surface area (Å²) in [5, 5.41) is 10.7. The average Bonchev–Trinajstić information content (AvgIpc) is 2.26. The van der Waals surface area contributed by atoms with Crippen molar-refractivity contribution in [3.63, 3.8) is 0 Å². The molecule has 0 aliphatic heterocycles. The van der Waals surface area contributed by atoms with Crippen molar-refractivity contribution in [3.05, 3.63) is 33.9 Å². The Morgan fingerprint density at radius 1 is 1.53 bits per heavy atom. The summed E-state index contributed by atoms with van der Waals surface area (Å²) in [5.74, 6) is 0.680. The first kappa shape index (κ1) is 13.0. The van der Waals surface area contributed by atoms with Crippen LogP contribution in [0, 0.1) is 16.0 Å². The minimum Gasteiger partial charge on any atom is -0.393 e. The Bertz CT molecular complexity index is 455. The van der Waals surface area contributed by atoms with Gasteiger partial charge in [-0.2, -0.15) is 0 Å². The fourth-order valence-corrected chi connectivity index (χ4v) is 1.23. The van der Waals surface area contributed by atoms with E-state index in [9.17, 15) is 10.1 Å². The number of nitrogens with two attached hydrogens (primary N) is 2. The predicted molar refractivity (Wildman–Crippen MR) is 67.9 cm³/mol. The second kappa shape index (κ2) is 5.29. The molecule has 1 aromatic rings. The maximum absolute atomic E-state index is 10.7. The van der Waals surface area contributed by atoms with E-state index in [4.69, 9.17) is 11.5 Å². The van der Waals surface area contributed by atoms with Gasteiger partial charge in [0.25, 0.3) is 5.69 Å². The molecule has 0 saturated heterocycles. The molecule has 6 nitrogen and oxygen atoms in total. The number of anilines is 1. The molecule has 4 N–H and O–H groups in total. The van der Waals surface area contributed by atoms with Gasteiger partial charge in [-0.05, 0) is 18.1 Å². The summed E-state index contributed by atoms with van der Waals surface area (Å²) in [5.41, 5.74) is 11.7. The second-order valence-corrected chi connectivity index (χ2v) is 4.15. The first-order chi connectivity index (χ1) is 7.91. The summed E-state index contributed by atoms with van der Waals surface area (Å²) in [6, 6.07) is 4.43. The molecule has 0 aliphatic carbocycles. The standard InChI is InChI=1S/C11H16N4O2/c1-7(2)6-14-11(13)8-3-4-9(12)10(5-8)15(16)17/h3-5,7H,6,12H2,1-2H3,(H2,13,14). The summed E-state index contributed by atoms with van der Waals surface area (Å²) in [6.45, 7) is 4.62. The molecule has 92 valence electrons. The number of nitro benzene ring substituents is 1. The van der Waals surface area contributed by atoms with Crippen LogP contribution in [0.1, 0.15) is 19.4 Å². The quantitative estimate of drug-likeness (QED) is 0.272. The molecule has 0 saturated carbocycles. The van der Waals surface area contributed by atoms with Crippen LogP contribution >= 0.6 is 0 Å². The number of amidine groups is 1. The number of hydrogen-bond acceptors (Lipinski definition) is 4. The fraction of sp³-hybridized carbons (Fsp3) is 0.364. The normalized spacial score (nSPS) is 11.8. The Morgan fingerprint density at radius 3 is 2.71 bits per heavy atom. The van der Waals surface area contributed by atoms with Crippen molar-refractivity contribution in [3.8, 4) is 0 Å². The molecule has 0 unspecified atom stereocenters. The van der Waals surface area contributed by atoms with Crippen molar-refractivity contribution in [2.24, 2.45) is 16.6 Å². The zero-order chi connectivity index (χ0) is 13.0. The van der Waals surface area contributed by atoms with Gasteiger partial charge in [-0.3, -0.25) is 15.1 Å². The van der Waals surface area contributed by atoms with Crippen molar-refractivity contribution in [1.82, 2.24) is 0 Å². The van der Waals surface area contributed by atoms with Crippen molar-refractivity contribution in [2.45, 2.75) is 13.8 Å². The lowest BCUT2D eigenvalue weighted by Gasteiger charge is -2.04. The molecule has 0 heterocycles. The molecule has 6 heteroatoms. The first-order valence-corrected chi connectivity index (χ1v) is 5.26. The summed E-state index contributed by atoms with van der Waals surface area (Å²) < 4.78 is 0. The minimum absolute atomic E-state index is 0.121. The van der Waals surface area contributed by atoms with Gasteiger partial charge in [0.15, 0.2) is 0 Å². The van der Waals surface area contributed by atoms with E-state index in [1.54, 1.807) is 6.07 Å². The smallest absolute Gasteiger partial charge is 0.292 e. The van der Waals surface area contributed by atoms with E-state index in [1.807, 2.05) is 13.8 Å². The monoisotopic (exact) mass is 236 g/mol. The molecule has 17 heavy (non-hydrogen) atoms. The maximum Gasteiger partial charge on any atom is 0.292 e. The number of rotatable bonds is 4. The van der Waals surface area contributed by atoms with Crippen LogP contribution in [0.25, 0.3) is 0 Å². The number of aliphatic imine (C=N–C) groups is 1. The van der Waals surface area contributed by atoms with Crippen LogP contribution in [0.4, 0.5) is 11.4 Å². The Hall–Kier alpha value is -2.11. The maximum atomic E-state index is 10.7. The topological polar surface area (TPSA) is 108 Å². The van der Waals surface area contributed by atoms with E-state index in [1.165, 1.54) is 12.1 Å². The van der Waals surface area contributed by atoms with Gasteiger partial charge in [-0.1, -0.05) is 13.8 Å². The van der Waals surface area contributed by atoms with Gasteiger partial charge in [0.2, 0.25) is 0 Å². The molecule has 0 aromatic heterocycles. The number of nitro groups is 1. The highest BCUT2D eigenvalue weighted by atomic mass is 16.6. The molecule has 0 radical (unpaired) electrons. The molecule has 0 bridgehead atoms. The van der Waals surface area contributed by atoms with Crippen LogP contribution in [0.3, 0.4) is 0 Å². The summed E-state index contributed by atoms with van der Waals surface area (Å²) in [6.07, 6.45) is 0. The Balaban J connectivity index is 3.03. The second-order valence-electron chi connectivity index (χ2n) is 4.15. The molecular weight excluding hydrogens is 220 g/mol. The molecule has 1 rings (SSSR count). The van der Waals surface area contributed by atoms with Gasteiger partial charge in [-0.15, -0.1) is 0 Å². The zero-order valence-electron chi connectivity index (χ0n) is 9.88. The van der Waals surface area contributed by atoms with Gasteiger partial charge in [0, 0.05) is 18.2 Å². The lowest BCUT2D eigenvalue weighted by atomic mass is 10.1. The Kier molecular flexibility index (Phi) is 4.03. The highest BCUT2D eigenvalue weighted by Gasteiger charge is 2.13. The van der Waals surface area contributed by atoms with Crippen LogP contribution in [0.5, 0.6) is 0 Å². The third-order valence-electron chi connectivity index (χ3n) is 2.15. The van der Waals surface area contributed by atoms with Crippen LogP contribution in [-0.2, 0) is 0 Å². The molecule has 0 fully saturated rings. The van der Waals surface area contributed by atoms with Crippen LogP contribution < -0.4 is 11.5 Å². The van der Waals surface area contributed by atoms with Gasteiger partial charge in [0.05, 0.1) is 4.92 Å². The van der Waals surface area contributed by atoms with E-state index in [0.29, 0.717) is 23.9 Å². The largest absolute Gasteiger partial charge is 0.393 e. The molecule has 0 aliphatic rings. The van der Waals surface area contributed by atoms with Crippen molar-refractivity contribution in [2.75, 3.05) is 12.3 Å². The summed E-state index contributed by atoms with van der Waals surface area (Å²) >= 11 is 0. The van der Waals surface area contributed by atoms with Crippen molar-refractivity contribution >= 4 is 17.2 Å². The lowest BCUT2D eigenvalue weighted by Crippen LogP contribution is -2.15. The summed E-state index contributed by atoms with van der Waals surface area (Å²) in [4.78, 5) is 14.3. The van der Waals surface area contributed by atoms with Crippen LogP contribution in [-0.4, -0.2) is 17.3 Å². The van der Waals surface area contributed by atoms with Gasteiger partial charge in [0.1, 0.15) is 11.5 Å². The number of nitrogen functional groups attached to an aromatic ring is 1. The van der Waals surface area contributed by atoms with E-state index in [2.05, 4.69) is 4.99 Å². The fourth-order valence-electron chi connectivity index (χ4n) is 1.23. The highest BCUT2D eigenvalue weighted by molar-refractivity contribution is 5.98. The van der Waals surface area contributed by atoms with Crippen molar-refractivity contribution < 1.29 is 4.92 Å². The number of hydrogen-bond donors (Lipinski definition) is 2. The van der Waals surface area contributed by atoms with Crippen LogP contribution in [0.15, 0.2) is 23.2 Å². The highest BCUT2D eigenvalue weighted by Crippen LogP contribution is 2.22. The molecule has 0 amide bonds. The van der Waals surface area contributed by atoms with E-state index in [0.717, 1.165) is 0 Å². The Morgan fingerprint density at radius 2 is 2.18 bits per heavy atom. The lowest BCUT2D eigenvalue weighted by molar-refractivity contribution is -0.383. The van der Waals surface area contributed by atoms with E-state index < -0.39 is 4.92 Å². The molecule has 0 spiro atoms. The first-order valence-electron chi connectivity index (χ1n) is 5.26. The zero-order valence-corrected chi connectivity index (χ0v) is 9.88. The molecule has 0 atom stereocenters. The third kappa shape index (κ3) is 3.44. The number of benzene rings is 1. The number of nitrogens with zero attached hydrogens (tertiary/aromatic N) is 2. The van der Waals surface area contributed by atoms with Gasteiger partial charge < -0.3 is 11.5 Å². The van der Waals surface area contributed by atoms with Crippen molar-refractivity contribution in [1.29, 1.82) is 0 Å². The molecular formula is C11H16N4O2. The van der Waals surface area contributed by atoms with E-state index in [-0.39, 0.29) is 11.4 Å². The molecule has 1 aromatic carbocycles. The Labute approximate surface area is 99.5 Å². The SMILES string of the molecule is CC(C)CN=C(N)c1ccc(N)c([N+](=O)[O-])c1. The van der Waals surface area contributed by atoms with Gasteiger partial charge in [-0.25, -0.2) is 0 Å².